The molecule has 0 spiro atoms. The normalized spacial score (nSPS) is 19.9. The van der Waals surface area contributed by atoms with Crippen LogP contribution in [-0.2, 0) is 11.3 Å². The predicted octanol–water partition coefficient (Wildman–Crippen LogP) is 2.32. The Balaban J connectivity index is 1.68. The Kier molecular flexibility index (Phi) is 4.01. The van der Waals surface area contributed by atoms with E-state index < -0.39 is 0 Å². The molecule has 20 heavy (non-hydrogen) atoms. The molecule has 108 valence electrons. The Labute approximate surface area is 119 Å². The molecule has 1 N–H and O–H groups in total. The van der Waals surface area contributed by atoms with Gasteiger partial charge in [-0.3, -0.25) is 4.79 Å². The molecule has 1 aromatic rings. The maximum absolute atomic E-state index is 13.0. The first-order valence-corrected chi connectivity index (χ1v) is 7.49. The number of carbonyl (C=O) groups excluding carboxylic acids is 1. The second-order valence-electron chi connectivity index (χ2n) is 5.85. The first kappa shape index (κ1) is 13.6. The topological polar surface area (TPSA) is 32.3 Å². The van der Waals surface area contributed by atoms with Gasteiger partial charge in [0.2, 0.25) is 5.91 Å². The van der Waals surface area contributed by atoms with Crippen LogP contribution in [0.1, 0.15) is 31.2 Å². The number of nitrogens with zero attached hydrogens (tertiary/aromatic N) is 1. The number of hydrogen-bond donors (Lipinski definition) is 1. The third-order valence-electron chi connectivity index (χ3n) is 4.23. The van der Waals surface area contributed by atoms with Gasteiger partial charge >= 0.3 is 0 Å². The van der Waals surface area contributed by atoms with Gasteiger partial charge in [-0.1, -0.05) is 12.1 Å². The van der Waals surface area contributed by atoms with Crippen LogP contribution in [0.25, 0.3) is 0 Å². The summed E-state index contributed by atoms with van der Waals surface area (Å²) in [5.74, 6) is 0.229. The lowest BCUT2D eigenvalue weighted by Crippen LogP contribution is -2.41. The van der Waals surface area contributed by atoms with Crippen LogP contribution < -0.4 is 5.32 Å². The number of amides is 1. The van der Waals surface area contributed by atoms with Gasteiger partial charge in [0.05, 0.1) is 0 Å². The summed E-state index contributed by atoms with van der Waals surface area (Å²) in [5.41, 5.74) is 1.01. The molecule has 3 rings (SSSR count). The molecule has 2 aliphatic rings. The third-order valence-corrected chi connectivity index (χ3v) is 4.23. The van der Waals surface area contributed by atoms with Crippen molar-refractivity contribution < 1.29 is 9.18 Å². The summed E-state index contributed by atoms with van der Waals surface area (Å²) < 4.78 is 13.0. The van der Waals surface area contributed by atoms with Crippen LogP contribution >= 0.6 is 0 Å². The van der Waals surface area contributed by atoms with E-state index in [0.29, 0.717) is 18.5 Å². The standard InChI is InChI=1S/C16H21FN2O/c17-14-3-1-12(2-4-14)11-19(15-5-6-15)16(20)13-7-9-18-10-8-13/h1-4,13,15,18H,5-11H2. The second-order valence-corrected chi connectivity index (χ2v) is 5.85. The maximum atomic E-state index is 13.0. The van der Waals surface area contributed by atoms with Crippen LogP contribution in [-0.4, -0.2) is 29.9 Å². The van der Waals surface area contributed by atoms with Gasteiger partial charge in [0, 0.05) is 18.5 Å². The van der Waals surface area contributed by atoms with Crippen molar-refractivity contribution in [3.05, 3.63) is 35.6 Å². The predicted molar refractivity (Wildman–Crippen MR) is 75.6 cm³/mol. The van der Waals surface area contributed by atoms with E-state index in [1.165, 1.54) is 12.1 Å². The van der Waals surface area contributed by atoms with Gasteiger partial charge in [0.25, 0.3) is 0 Å². The second kappa shape index (κ2) is 5.92. The largest absolute Gasteiger partial charge is 0.335 e. The first-order chi connectivity index (χ1) is 9.74. The Bertz CT molecular complexity index is 464. The molecule has 1 aliphatic heterocycles. The molecule has 1 saturated carbocycles. The lowest BCUT2D eigenvalue weighted by Gasteiger charge is -2.30. The molecule has 2 fully saturated rings. The summed E-state index contributed by atoms with van der Waals surface area (Å²) in [5, 5.41) is 3.30. The number of piperidine rings is 1. The maximum Gasteiger partial charge on any atom is 0.226 e. The van der Waals surface area contributed by atoms with E-state index in [0.717, 1.165) is 44.3 Å². The molecule has 1 amide bonds. The fourth-order valence-electron chi connectivity index (χ4n) is 2.86. The number of nitrogens with one attached hydrogen (secondary N) is 1. The van der Waals surface area contributed by atoms with E-state index in [1.807, 2.05) is 4.90 Å². The van der Waals surface area contributed by atoms with E-state index in [9.17, 15) is 9.18 Å². The third kappa shape index (κ3) is 3.18. The summed E-state index contributed by atoms with van der Waals surface area (Å²) in [6.45, 7) is 2.49. The van der Waals surface area contributed by atoms with Gasteiger partial charge in [-0.05, 0) is 56.5 Å². The van der Waals surface area contributed by atoms with Crippen LogP contribution in [0.15, 0.2) is 24.3 Å². The van der Waals surface area contributed by atoms with Gasteiger partial charge in [-0.2, -0.15) is 0 Å². The summed E-state index contributed by atoms with van der Waals surface area (Å²) in [7, 11) is 0. The Morgan fingerprint density at radius 2 is 1.80 bits per heavy atom. The van der Waals surface area contributed by atoms with Gasteiger partial charge in [0.1, 0.15) is 5.82 Å². The smallest absolute Gasteiger partial charge is 0.226 e. The molecule has 4 heteroatoms. The minimum atomic E-state index is -0.226. The SMILES string of the molecule is O=C(C1CCNCC1)N(Cc1ccc(F)cc1)C1CC1. The molecule has 1 heterocycles. The molecule has 0 radical (unpaired) electrons. The molecule has 1 aliphatic carbocycles. The average Bonchev–Trinajstić information content (AvgIpc) is 3.31. The molecule has 0 unspecified atom stereocenters. The van der Waals surface area contributed by atoms with Crippen molar-refractivity contribution in [2.24, 2.45) is 5.92 Å². The van der Waals surface area contributed by atoms with Crippen molar-refractivity contribution in [1.29, 1.82) is 0 Å². The highest BCUT2D eigenvalue weighted by molar-refractivity contribution is 5.79. The van der Waals surface area contributed by atoms with E-state index in [-0.39, 0.29) is 11.7 Å². The van der Waals surface area contributed by atoms with Gasteiger partial charge in [-0.15, -0.1) is 0 Å². The molecule has 1 aromatic carbocycles. The van der Waals surface area contributed by atoms with Crippen LogP contribution in [0, 0.1) is 11.7 Å². The number of carbonyl (C=O) groups is 1. The van der Waals surface area contributed by atoms with E-state index in [4.69, 9.17) is 0 Å². The summed E-state index contributed by atoms with van der Waals surface area (Å²) in [6, 6.07) is 6.90. The van der Waals surface area contributed by atoms with Crippen LogP contribution in [0.3, 0.4) is 0 Å². The van der Waals surface area contributed by atoms with E-state index in [1.54, 1.807) is 12.1 Å². The minimum Gasteiger partial charge on any atom is -0.335 e. The Hall–Kier alpha value is -1.42. The fourth-order valence-corrected chi connectivity index (χ4v) is 2.86. The van der Waals surface area contributed by atoms with Crippen molar-refractivity contribution >= 4 is 5.91 Å². The number of benzene rings is 1. The average molecular weight is 276 g/mol. The number of hydrogen-bond acceptors (Lipinski definition) is 2. The minimum absolute atomic E-state index is 0.164. The number of halogens is 1. The van der Waals surface area contributed by atoms with Gasteiger partial charge in [-0.25, -0.2) is 4.39 Å². The first-order valence-electron chi connectivity index (χ1n) is 7.49. The monoisotopic (exact) mass is 276 g/mol. The van der Waals surface area contributed by atoms with Crippen molar-refractivity contribution in [2.45, 2.75) is 38.3 Å². The quantitative estimate of drug-likeness (QED) is 0.915. The lowest BCUT2D eigenvalue weighted by atomic mass is 9.96. The van der Waals surface area contributed by atoms with E-state index >= 15 is 0 Å². The van der Waals surface area contributed by atoms with Gasteiger partial charge < -0.3 is 10.2 Å². The Morgan fingerprint density at radius 1 is 1.15 bits per heavy atom. The van der Waals surface area contributed by atoms with E-state index in [2.05, 4.69) is 5.32 Å². The Morgan fingerprint density at radius 3 is 2.40 bits per heavy atom. The molecule has 0 atom stereocenters. The van der Waals surface area contributed by atoms with Crippen LogP contribution in [0.5, 0.6) is 0 Å². The zero-order valence-corrected chi connectivity index (χ0v) is 11.6. The highest BCUT2D eigenvalue weighted by atomic mass is 19.1. The molecule has 1 saturated heterocycles. The highest BCUT2D eigenvalue weighted by Gasteiger charge is 2.36. The van der Waals surface area contributed by atoms with Crippen molar-refractivity contribution in [2.75, 3.05) is 13.1 Å². The van der Waals surface area contributed by atoms with Crippen LogP contribution in [0.4, 0.5) is 4.39 Å². The zero-order valence-electron chi connectivity index (χ0n) is 11.6. The summed E-state index contributed by atoms with van der Waals surface area (Å²) in [6.07, 6.45) is 4.09. The van der Waals surface area contributed by atoms with Crippen molar-refractivity contribution in [3.63, 3.8) is 0 Å². The van der Waals surface area contributed by atoms with Gasteiger partial charge in [0.15, 0.2) is 0 Å². The molecular formula is C16H21FN2O. The molecule has 0 aromatic heterocycles. The van der Waals surface area contributed by atoms with Crippen LogP contribution in [0.2, 0.25) is 0 Å². The molecule has 0 bridgehead atoms. The lowest BCUT2D eigenvalue weighted by molar-refractivity contribution is -0.137. The highest BCUT2D eigenvalue weighted by Crippen LogP contribution is 2.31. The van der Waals surface area contributed by atoms with Crippen molar-refractivity contribution in [3.8, 4) is 0 Å². The van der Waals surface area contributed by atoms with Crippen molar-refractivity contribution in [1.82, 2.24) is 10.2 Å². The molecule has 3 nitrogen and oxygen atoms in total. The number of rotatable bonds is 4. The summed E-state index contributed by atoms with van der Waals surface area (Å²) >= 11 is 0. The zero-order chi connectivity index (χ0) is 13.9. The fraction of sp³-hybridized carbons (Fsp3) is 0.562. The summed E-state index contributed by atoms with van der Waals surface area (Å²) in [4.78, 5) is 14.7. The molecular weight excluding hydrogens is 255 g/mol.